The standard InChI is InChI=1S/C33H32N2O2.2C2H4O2.Co/c1-22-15-26(24-9-5-3-6-10-24)17-28(32(22)36)20-34-30-13-14-31(19-30)35-21-29-18-27(16-23(2)33(29)37)25-11-7-4-8-12-25;2*1-2(3)4;/h3-12,15-18,20-21,30-31,36-37H,13-14,19H2,1-2H3;2*1H3,(H,3,4);/q;;;+2/p-2. The number of carboxylic acids is 2. The first-order valence-electron chi connectivity index (χ1n) is 14.6. The minimum atomic E-state index is -1.08. The number of phenolic OH excluding ortho intramolecular Hbond substituents is 2. The zero-order valence-corrected chi connectivity index (χ0v) is 27.3. The summed E-state index contributed by atoms with van der Waals surface area (Å²) in [6.07, 6.45) is 6.37. The second-order valence-electron chi connectivity index (χ2n) is 10.9. The third-order valence-corrected chi connectivity index (χ3v) is 7.10. The number of carbonyl (C=O) groups is 2. The number of aliphatic imine (C=N–C) groups is 2. The van der Waals surface area contributed by atoms with Gasteiger partial charge in [0.15, 0.2) is 0 Å². The molecule has 4 aromatic carbocycles. The maximum Gasteiger partial charge on any atom is 2.00 e. The molecule has 1 aliphatic rings. The molecule has 241 valence electrons. The number of rotatable bonds is 6. The predicted octanol–water partition coefficient (Wildman–Crippen LogP) is 5.02. The molecule has 0 saturated heterocycles. The van der Waals surface area contributed by atoms with Gasteiger partial charge in [-0.05, 0) is 105 Å². The maximum atomic E-state index is 10.6. The number of carboxylic acid groups (broad SMARTS) is 2. The average Bonchev–Trinajstić information content (AvgIpc) is 3.46. The molecule has 1 fully saturated rings. The van der Waals surface area contributed by atoms with Gasteiger partial charge in [0.2, 0.25) is 0 Å². The summed E-state index contributed by atoms with van der Waals surface area (Å²) in [6.45, 7) is 5.78. The molecule has 0 aliphatic heterocycles. The van der Waals surface area contributed by atoms with Crippen molar-refractivity contribution in [2.24, 2.45) is 9.98 Å². The van der Waals surface area contributed by atoms with Crippen LogP contribution in [-0.2, 0) is 26.4 Å². The maximum absolute atomic E-state index is 10.6. The number of aromatic hydroxyl groups is 2. The van der Waals surface area contributed by atoms with Gasteiger partial charge in [-0.25, -0.2) is 0 Å². The third kappa shape index (κ3) is 11.6. The van der Waals surface area contributed by atoms with Gasteiger partial charge in [-0.3, -0.25) is 9.98 Å². The molecule has 0 heterocycles. The molecule has 4 aromatic rings. The first-order chi connectivity index (χ1) is 21.4. The van der Waals surface area contributed by atoms with Crippen LogP contribution < -0.4 is 10.2 Å². The van der Waals surface area contributed by atoms with Crippen LogP contribution in [0.1, 0.15) is 55.4 Å². The molecule has 0 amide bonds. The Bertz CT molecular complexity index is 1520. The van der Waals surface area contributed by atoms with Crippen molar-refractivity contribution in [3.63, 3.8) is 0 Å². The topological polar surface area (TPSA) is 145 Å². The predicted molar refractivity (Wildman–Crippen MR) is 175 cm³/mol. The Morgan fingerprint density at radius 1 is 0.652 bits per heavy atom. The van der Waals surface area contributed by atoms with Gasteiger partial charge in [0.25, 0.3) is 0 Å². The van der Waals surface area contributed by atoms with Gasteiger partial charge in [0, 0.05) is 35.5 Å². The van der Waals surface area contributed by atoms with Crippen LogP contribution in [0.2, 0.25) is 0 Å². The normalized spacial score (nSPS) is 15.3. The molecule has 1 radical (unpaired) electrons. The molecule has 2 atom stereocenters. The number of hydrogen-bond donors (Lipinski definition) is 2. The molecule has 2 unspecified atom stereocenters. The van der Waals surface area contributed by atoms with Crippen LogP contribution in [0.15, 0.2) is 94.9 Å². The van der Waals surface area contributed by atoms with Gasteiger partial charge >= 0.3 is 16.8 Å². The summed E-state index contributed by atoms with van der Waals surface area (Å²) in [5, 5.41) is 39.0. The van der Waals surface area contributed by atoms with E-state index in [9.17, 15) is 10.2 Å². The van der Waals surface area contributed by atoms with Crippen LogP contribution >= 0.6 is 0 Å². The zero-order valence-electron chi connectivity index (χ0n) is 26.3. The fourth-order valence-electron chi connectivity index (χ4n) is 4.98. The van der Waals surface area contributed by atoms with Crippen LogP contribution in [-0.4, -0.2) is 46.7 Å². The van der Waals surface area contributed by atoms with Crippen LogP contribution in [0.4, 0.5) is 0 Å². The van der Waals surface area contributed by atoms with E-state index in [4.69, 9.17) is 29.8 Å². The Kier molecular flexibility index (Phi) is 14.9. The quantitative estimate of drug-likeness (QED) is 0.277. The number of aliphatic carboxylic acids is 2. The summed E-state index contributed by atoms with van der Waals surface area (Å²) in [6, 6.07) is 28.7. The van der Waals surface area contributed by atoms with Crippen molar-refractivity contribution in [1.29, 1.82) is 0 Å². The van der Waals surface area contributed by atoms with E-state index in [1.165, 1.54) is 0 Å². The first-order valence-corrected chi connectivity index (χ1v) is 14.6. The molecule has 9 heteroatoms. The number of benzene rings is 4. The Morgan fingerprint density at radius 3 is 1.30 bits per heavy atom. The number of phenols is 2. The van der Waals surface area contributed by atoms with E-state index in [0.717, 1.165) is 77.6 Å². The fraction of sp³-hybridized carbons (Fsp3) is 0.243. The summed E-state index contributed by atoms with van der Waals surface area (Å²) in [7, 11) is 0. The van der Waals surface area contributed by atoms with Crippen molar-refractivity contribution in [3.05, 3.63) is 107 Å². The summed E-state index contributed by atoms with van der Waals surface area (Å²) >= 11 is 0. The van der Waals surface area contributed by atoms with Gasteiger partial charge in [0.1, 0.15) is 11.5 Å². The molecule has 0 spiro atoms. The van der Waals surface area contributed by atoms with Crippen LogP contribution in [0, 0.1) is 13.8 Å². The Balaban J connectivity index is 0.000000736. The second kappa shape index (κ2) is 18.3. The Hall–Kier alpha value is -4.73. The van der Waals surface area contributed by atoms with Gasteiger partial charge in [-0.1, -0.05) is 60.7 Å². The minimum Gasteiger partial charge on any atom is -0.550 e. The smallest absolute Gasteiger partial charge is 0.550 e. The van der Waals surface area contributed by atoms with Crippen LogP contribution in [0.5, 0.6) is 11.5 Å². The van der Waals surface area contributed by atoms with Crippen molar-refractivity contribution >= 4 is 24.4 Å². The molecule has 1 saturated carbocycles. The molecule has 5 rings (SSSR count). The Morgan fingerprint density at radius 2 is 0.978 bits per heavy atom. The van der Waals surface area contributed by atoms with Gasteiger partial charge in [-0.15, -0.1) is 0 Å². The largest absolute Gasteiger partial charge is 2.00 e. The fourth-order valence-corrected chi connectivity index (χ4v) is 4.98. The van der Waals surface area contributed by atoms with E-state index in [0.29, 0.717) is 0 Å². The van der Waals surface area contributed by atoms with Crippen LogP contribution in [0.3, 0.4) is 0 Å². The van der Waals surface area contributed by atoms with Crippen molar-refractivity contribution in [3.8, 4) is 33.8 Å². The van der Waals surface area contributed by atoms with E-state index in [1.54, 1.807) is 0 Å². The van der Waals surface area contributed by atoms with E-state index in [-0.39, 0.29) is 40.4 Å². The molecule has 46 heavy (non-hydrogen) atoms. The summed E-state index contributed by atoms with van der Waals surface area (Å²) in [5.74, 6) is -1.61. The van der Waals surface area contributed by atoms with E-state index in [1.807, 2.05) is 86.9 Å². The first kappa shape index (κ1) is 37.5. The molecule has 8 nitrogen and oxygen atoms in total. The Labute approximate surface area is 280 Å². The third-order valence-electron chi connectivity index (χ3n) is 7.10. The van der Waals surface area contributed by atoms with Crippen molar-refractivity contribution in [2.75, 3.05) is 0 Å². The van der Waals surface area contributed by atoms with Gasteiger partial charge in [0.05, 0.1) is 12.1 Å². The van der Waals surface area contributed by atoms with Crippen molar-refractivity contribution in [2.45, 2.75) is 59.0 Å². The number of aryl methyl sites for hydroxylation is 2. The molecular weight excluding hydrogens is 627 g/mol. The summed E-state index contributed by atoms with van der Waals surface area (Å²) in [4.78, 5) is 27.4. The molecule has 0 bridgehead atoms. The molecule has 0 aromatic heterocycles. The molecular formula is C37H38CoN2O6. The minimum absolute atomic E-state index is 0. The summed E-state index contributed by atoms with van der Waals surface area (Å²) in [5.41, 5.74) is 7.52. The summed E-state index contributed by atoms with van der Waals surface area (Å²) < 4.78 is 0. The second-order valence-corrected chi connectivity index (χ2v) is 10.9. The molecule has 1 aliphatic carbocycles. The van der Waals surface area contributed by atoms with Crippen LogP contribution in [0.25, 0.3) is 22.3 Å². The van der Waals surface area contributed by atoms with E-state index in [2.05, 4.69) is 24.3 Å². The van der Waals surface area contributed by atoms with Crippen molar-refractivity contribution < 1.29 is 46.8 Å². The van der Waals surface area contributed by atoms with E-state index < -0.39 is 11.9 Å². The molecule has 2 N–H and O–H groups in total. The monoisotopic (exact) mass is 665 g/mol. The van der Waals surface area contributed by atoms with Gasteiger partial charge < -0.3 is 30.0 Å². The van der Waals surface area contributed by atoms with Crippen molar-refractivity contribution in [1.82, 2.24) is 0 Å². The zero-order chi connectivity index (χ0) is 32.9. The van der Waals surface area contributed by atoms with E-state index >= 15 is 0 Å². The SMILES string of the molecule is CC(=O)[O-].CC(=O)[O-].Cc1cc(-c2ccccc2)cc(C=NC2CCC(N=Cc3cc(-c4ccccc4)cc(C)c3O)C2)c1O.[Co+2]. The number of hydrogen-bond acceptors (Lipinski definition) is 8. The average molecular weight is 666 g/mol. The van der Waals surface area contributed by atoms with Gasteiger partial charge in [-0.2, -0.15) is 0 Å². The number of carbonyl (C=O) groups excluding carboxylic acids is 2. The number of nitrogens with zero attached hydrogens (tertiary/aromatic N) is 2.